The first-order valence-corrected chi connectivity index (χ1v) is 3.86. The second-order valence-electron chi connectivity index (χ2n) is 3.41. The normalized spacial score (nSPS) is 41.5. The molecule has 62 valence electrons. The summed E-state index contributed by atoms with van der Waals surface area (Å²) in [5.74, 6) is 0.408. The molecule has 0 spiro atoms. The zero-order valence-electron chi connectivity index (χ0n) is 6.10. The lowest BCUT2D eigenvalue weighted by Gasteiger charge is -2.27. The van der Waals surface area contributed by atoms with E-state index in [1.807, 2.05) is 0 Å². The molecule has 1 heterocycles. The van der Waals surface area contributed by atoms with Gasteiger partial charge in [-0.25, -0.2) is 4.79 Å². The van der Waals surface area contributed by atoms with Crippen LogP contribution in [0.25, 0.3) is 0 Å². The minimum absolute atomic E-state index is 0.113. The molecular formula is C7H11NO3. The lowest BCUT2D eigenvalue weighted by atomic mass is 10.1. The summed E-state index contributed by atoms with van der Waals surface area (Å²) in [6.45, 7) is 0.622. The fourth-order valence-electron chi connectivity index (χ4n) is 2.21. The van der Waals surface area contributed by atoms with Crippen LogP contribution >= 0.6 is 0 Å². The van der Waals surface area contributed by atoms with Gasteiger partial charge in [0.1, 0.15) is 0 Å². The van der Waals surface area contributed by atoms with Crippen molar-refractivity contribution in [2.24, 2.45) is 5.92 Å². The van der Waals surface area contributed by atoms with Gasteiger partial charge in [0.05, 0.1) is 12.1 Å². The molecule has 1 amide bonds. The SMILES string of the molecule is O=C(O)N1C[C@@H]2C[C@@H](O)[C@H]1C2. The highest BCUT2D eigenvalue weighted by atomic mass is 16.4. The number of hydrogen-bond acceptors (Lipinski definition) is 2. The molecule has 4 nitrogen and oxygen atoms in total. The van der Waals surface area contributed by atoms with E-state index in [0.29, 0.717) is 12.5 Å². The van der Waals surface area contributed by atoms with Gasteiger partial charge in [-0.15, -0.1) is 0 Å². The van der Waals surface area contributed by atoms with Gasteiger partial charge in [-0.05, 0) is 18.8 Å². The highest BCUT2D eigenvalue weighted by molar-refractivity contribution is 5.66. The number of likely N-dealkylation sites (tertiary alicyclic amines) is 1. The Hall–Kier alpha value is -0.770. The van der Waals surface area contributed by atoms with E-state index in [1.165, 1.54) is 4.90 Å². The van der Waals surface area contributed by atoms with E-state index in [1.54, 1.807) is 0 Å². The number of hydrogen-bond donors (Lipinski definition) is 2. The second kappa shape index (κ2) is 2.11. The van der Waals surface area contributed by atoms with Crippen molar-refractivity contribution in [3.63, 3.8) is 0 Å². The van der Waals surface area contributed by atoms with Crippen molar-refractivity contribution in [3.8, 4) is 0 Å². The molecule has 4 heteroatoms. The van der Waals surface area contributed by atoms with Crippen LogP contribution in [-0.2, 0) is 0 Å². The Kier molecular flexibility index (Phi) is 1.32. The Morgan fingerprint density at radius 3 is 2.55 bits per heavy atom. The van der Waals surface area contributed by atoms with Crippen molar-refractivity contribution in [2.45, 2.75) is 25.0 Å². The molecule has 1 saturated heterocycles. The molecule has 2 N–H and O–H groups in total. The maximum absolute atomic E-state index is 10.6. The molecule has 0 radical (unpaired) electrons. The summed E-state index contributed by atoms with van der Waals surface area (Å²) in [7, 11) is 0. The van der Waals surface area contributed by atoms with Crippen LogP contribution in [0.3, 0.4) is 0 Å². The molecule has 3 atom stereocenters. The maximum Gasteiger partial charge on any atom is 0.407 e. The van der Waals surface area contributed by atoms with Crippen LogP contribution in [0.15, 0.2) is 0 Å². The molecule has 0 unspecified atom stereocenters. The number of fused-ring (bicyclic) bond motifs is 2. The van der Waals surface area contributed by atoms with Crippen molar-refractivity contribution < 1.29 is 15.0 Å². The first kappa shape index (κ1) is 6.91. The number of nitrogens with zero attached hydrogens (tertiary/aromatic N) is 1. The summed E-state index contributed by atoms with van der Waals surface area (Å²) in [6.07, 6.45) is 0.336. The summed E-state index contributed by atoms with van der Waals surface area (Å²) < 4.78 is 0. The van der Waals surface area contributed by atoms with Crippen molar-refractivity contribution >= 4 is 6.09 Å². The summed E-state index contributed by atoms with van der Waals surface area (Å²) >= 11 is 0. The zero-order chi connectivity index (χ0) is 8.01. The molecule has 0 aromatic rings. The number of carbonyl (C=O) groups is 1. The van der Waals surface area contributed by atoms with E-state index in [2.05, 4.69) is 0 Å². The van der Waals surface area contributed by atoms with Crippen molar-refractivity contribution in [3.05, 3.63) is 0 Å². The van der Waals surface area contributed by atoms with Crippen molar-refractivity contribution in [2.75, 3.05) is 6.54 Å². The largest absolute Gasteiger partial charge is 0.465 e. The molecular weight excluding hydrogens is 146 g/mol. The summed E-state index contributed by atoms with van der Waals surface area (Å²) in [4.78, 5) is 11.9. The quantitative estimate of drug-likeness (QED) is 0.525. The standard InChI is InChI=1S/C7H11NO3/c9-6-2-4-1-5(6)8(3-4)7(10)11/h4-6,9H,1-3H2,(H,10,11)/t4-,5+,6+/m0/s1. The third kappa shape index (κ3) is 0.894. The maximum atomic E-state index is 10.6. The fourth-order valence-corrected chi connectivity index (χ4v) is 2.21. The van der Waals surface area contributed by atoms with E-state index in [-0.39, 0.29) is 6.04 Å². The monoisotopic (exact) mass is 157 g/mol. The molecule has 1 saturated carbocycles. The molecule has 0 aromatic heterocycles. The van der Waals surface area contributed by atoms with Crippen molar-refractivity contribution in [1.82, 2.24) is 4.90 Å². The van der Waals surface area contributed by atoms with Crippen LogP contribution < -0.4 is 0 Å². The summed E-state index contributed by atoms with van der Waals surface area (Å²) in [5.41, 5.74) is 0. The molecule has 2 fully saturated rings. The van der Waals surface area contributed by atoms with Crippen molar-refractivity contribution in [1.29, 1.82) is 0 Å². The van der Waals surface area contributed by atoms with Gasteiger partial charge in [0.2, 0.25) is 0 Å². The molecule has 1 aliphatic heterocycles. The Labute approximate surface area is 64.4 Å². The highest BCUT2D eigenvalue weighted by Gasteiger charge is 2.46. The third-order valence-electron chi connectivity index (χ3n) is 2.69. The van der Waals surface area contributed by atoms with E-state index in [0.717, 1.165) is 12.8 Å². The molecule has 2 bridgehead atoms. The van der Waals surface area contributed by atoms with Gasteiger partial charge in [-0.3, -0.25) is 0 Å². The number of amides is 1. The van der Waals surface area contributed by atoms with Gasteiger partial charge >= 0.3 is 6.09 Å². The molecule has 11 heavy (non-hydrogen) atoms. The number of carboxylic acid groups (broad SMARTS) is 1. The number of piperidine rings is 1. The lowest BCUT2D eigenvalue weighted by molar-refractivity contribution is 0.0550. The van der Waals surface area contributed by atoms with E-state index < -0.39 is 12.2 Å². The van der Waals surface area contributed by atoms with Gasteiger partial charge in [0.25, 0.3) is 0 Å². The topological polar surface area (TPSA) is 60.8 Å². The zero-order valence-corrected chi connectivity index (χ0v) is 6.10. The van der Waals surface area contributed by atoms with Gasteiger partial charge in [-0.1, -0.05) is 0 Å². The van der Waals surface area contributed by atoms with Crippen LogP contribution in [-0.4, -0.2) is 39.9 Å². The molecule has 0 aromatic carbocycles. The van der Waals surface area contributed by atoms with Gasteiger partial charge in [0.15, 0.2) is 0 Å². The van der Waals surface area contributed by atoms with Crippen LogP contribution in [0.4, 0.5) is 4.79 Å². The Bertz CT molecular complexity index is 194. The first-order chi connectivity index (χ1) is 5.18. The molecule has 2 rings (SSSR count). The molecule has 2 aliphatic rings. The van der Waals surface area contributed by atoms with E-state index in [4.69, 9.17) is 5.11 Å². The Balaban J connectivity index is 2.12. The predicted octanol–water partition coefficient (Wildman–Crippen LogP) is 0.120. The van der Waals surface area contributed by atoms with Gasteiger partial charge < -0.3 is 15.1 Å². The van der Waals surface area contributed by atoms with Gasteiger partial charge in [0, 0.05) is 6.54 Å². The van der Waals surface area contributed by atoms with Crippen LogP contribution in [0.1, 0.15) is 12.8 Å². The third-order valence-corrected chi connectivity index (χ3v) is 2.69. The van der Waals surface area contributed by atoms with Gasteiger partial charge in [-0.2, -0.15) is 0 Å². The lowest BCUT2D eigenvalue weighted by Crippen LogP contribution is -2.43. The van der Waals surface area contributed by atoms with E-state index >= 15 is 0 Å². The highest BCUT2D eigenvalue weighted by Crippen LogP contribution is 2.37. The summed E-state index contributed by atoms with van der Waals surface area (Å²) in [6, 6.07) is -0.113. The van der Waals surface area contributed by atoms with Crippen LogP contribution in [0.2, 0.25) is 0 Å². The predicted molar refractivity (Wildman–Crippen MR) is 37.2 cm³/mol. The second-order valence-corrected chi connectivity index (χ2v) is 3.41. The Morgan fingerprint density at radius 1 is 1.45 bits per heavy atom. The minimum atomic E-state index is -0.892. The molecule has 1 aliphatic carbocycles. The summed E-state index contributed by atoms with van der Waals surface area (Å²) in [5, 5.41) is 18.0. The average molecular weight is 157 g/mol. The van der Waals surface area contributed by atoms with Crippen LogP contribution in [0.5, 0.6) is 0 Å². The first-order valence-electron chi connectivity index (χ1n) is 3.86. The average Bonchev–Trinajstić information content (AvgIpc) is 2.43. The smallest absolute Gasteiger partial charge is 0.407 e. The number of aliphatic hydroxyl groups excluding tert-OH is 1. The fraction of sp³-hybridized carbons (Fsp3) is 0.857. The number of rotatable bonds is 0. The van der Waals surface area contributed by atoms with E-state index in [9.17, 15) is 9.90 Å². The minimum Gasteiger partial charge on any atom is -0.465 e. The Morgan fingerprint density at radius 2 is 2.18 bits per heavy atom. The van der Waals surface area contributed by atoms with Crippen LogP contribution in [0, 0.1) is 5.92 Å². The number of aliphatic hydroxyl groups is 1.